The van der Waals surface area contributed by atoms with Gasteiger partial charge >= 0.3 is 0 Å². The molecule has 2 nitrogen and oxygen atoms in total. The normalized spacial score (nSPS) is 12.5. The zero-order valence-corrected chi connectivity index (χ0v) is 9.06. The molecule has 0 aliphatic heterocycles. The van der Waals surface area contributed by atoms with Crippen molar-refractivity contribution < 1.29 is 0 Å². The molecule has 74 valence electrons. The largest absolute Gasteiger partial charge is 0.329 e. The van der Waals surface area contributed by atoms with Gasteiger partial charge in [-0.05, 0) is 39.8 Å². The molecule has 0 saturated carbocycles. The van der Waals surface area contributed by atoms with E-state index in [1.54, 1.807) is 0 Å². The third-order valence-electron chi connectivity index (χ3n) is 2.34. The van der Waals surface area contributed by atoms with Gasteiger partial charge in [-0.3, -0.25) is 4.90 Å². The summed E-state index contributed by atoms with van der Waals surface area (Å²) in [5.41, 5.74) is 5.90. The standard InChI is InChI=1S/C10H24N2/c1-5-7-12(8-6-2)10(3,4)9-11/h5-9,11H2,1-4H3. The van der Waals surface area contributed by atoms with Crippen LogP contribution in [0.25, 0.3) is 0 Å². The SMILES string of the molecule is CCCN(CCC)C(C)(C)CN. The van der Waals surface area contributed by atoms with Gasteiger partial charge in [0.25, 0.3) is 0 Å². The highest BCUT2D eigenvalue weighted by Gasteiger charge is 2.22. The molecule has 0 radical (unpaired) electrons. The monoisotopic (exact) mass is 172 g/mol. The van der Waals surface area contributed by atoms with Crippen LogP contribution in [0.4, 0.5) is 0 Å². The minimum absolute atomic E-state index is 0.173. The zero-order valence-electron chi connectivity index (χ0n) is 9.06. The van der Waals surface area contributed by atoms with Gasteiger partial charge < -0.3 is 5.73 Å². The molecule has 0 saturated heterocycles. The predicted molar refractivity (Wildman–Crippen MR) is 55.3 cm³/mol. The molecule has 0 rings (SSSR count). The Hall–Kier alpha value is -0.0800. The van der Waals surface area contributed by atoms with Gasteiger partial charge in [0.2, 0.25) is 0 Å². The van der Waals surface area contributed by atoms with E-state index < -0.39 is 0 Å². The molecule has 12 heavy (non-hydrogen) atoms. The quantitative estimate of drug-likeness (QED) is 0.662. The first-order valence-electron chi connectivity index (χ1n) is 5.03. The van der Waals surface area contributed by atoms with E-state index in [2.05, 4.69) is 32.6 Å². The molecule has 2 heteroatoms. The minimum Gasteiger partial charge on any atom is -0.329 e. The minimum atomic E-state index is 0.173. The summed E-state index contributed by atoms with van der Waals surface area (Å²) < 4.78 is 0. The van der Waals surface area contributed by atoms with E-state index in [9.17, 15) is 0 Å². The van der Waals surface area contributed by atoms with Gasteiger partial charge in [-0.25, -0.2) is 0 Å². The fourth-order valence-electron chi connectivity index (χ4n) is 1.39. The number of nitrogens with zero attached hydrogens (tertiary/aromatic N) is 1. The molecule has 0 spiro atoms. The Morgan fingerprint density at radius 1 is 1.08 bits per heavy atom. The predicted octanol–water partition coefficient (Wildman–Crippen LogP) is 1.85. The molecule has 0 aliphatic rings. The highest BCUT2D eigenvalue weighted by molar-refractivity contribution is 4.81. The Morgan fingerprint density at radius 2 is 1.50 bits per heavy atom. The molecule has 0 unspecified atom stereocenters. The first kappa shape index (κ1) is 11.9. The smallest absolute Gasteiger partial charge is 0.0275 e. The van der Waals surface area contributed by atoms with Crippen LogP contribution in [0.5, 0.6) is 0 Å². The van der Waals surface area contributed by atoms with E-state index in [-0.39, 0.29) is 5.54 Å². The van der Waals surface area contributed by atoms with Gasteiger partial charge in [0.1, 0.15) is 0 Å². The summed E-state index contributed by atoms with van der Waals surface area (Å²) in [5, 5.41) is 0. The maximum absolute atomic E-state index is 5.73. The second-order valence-corrected chi connectivity index (χ2v) is 4.00. The number of hydrogen-bond acceptors (Lipinski definition) is 2. The highest BCUT2D eigenvalue weighted by Crippen LogP contribution is 2.13. The summed E-state index contributed by atoms with van der Waals surface area (Å²) in [5.74, 6) is 0. The zero-order chi connectivity index (χ0) is 9.61. The van der Waals surface area contributed by atoms with Crippen LogP contribution in [0.1, 0.15) is 40.5 Å². The molecule has 0 fully saturated rings. The summed E-state index contributed by atoms with van der Waals surface area (Å²) in [6.45, 7) is 11.9. The van der Waals surface area contributed by atoms with E-state index in [4.69, 9.17) is 5.73 Å². The third-order valence-corrected chi connectivity index (χ3v) is 2.34. The molecule has 0 amide bonds. The number of hydrogen-bond donors (Lipinski definition) is 1. The van der Waals surface area contributed by atoms with Crippen LogP contribution in [-0.4, -0.2) is 30.1 Å². The topological polar surface area (TPSA) is 29.3 Å². The van der Waals surface area contributed by atoms with Gasteiger partial charge in [0.05, 0.1) is 0 Å². The first-order valence-corrected chi connectivity index (χ1v) is 5.03. The van der Waals surface area contributed by atoms with Gasteiger partial charge in [-0.2, -0.15) is 0 Å². The van der Waals surface area contributed by atoms with E-state index in [1.807, 2.05) is 0 Å². The lowest BCUT2D eigenvalue weighted by Gasteiger charge is -2.37. The Labute approximate surface area is 77.1 Å². The molecule has 0 heterocycles. The van der Waals surface area contributed by atoms with E-state index >= 15 is 0 Å². The number of rotatable bonds is 6. The highest BCUT2D eigenvalue weighted by atomic mass is 15.2. The number of nitrogens with two attached hydrogens (primary N) is 1. The maximum atomic E-state index is 5.73. The van der Waals surface area contributed by atoms with Crippen molar-refractivity contribution in [2.24, 2.45) is 5.73 Å². The average Bonchev–Trinajstić information content (AvgIpc) is 2.04. The molecule has 0 atom stereocenters. The maximum Gasteiger partial charge on any atom is 0.0275 e. The van der Waals surface area contributed by atoms with E-state index in [0.29, 0.717) is 0 Å². The molecular weight excluding hydrogens is 148 g/mol. The van der Waals surface area contributed by atoms with Crippen molar-refractivity contribution in [2.45, 2.75) is 46.1 Å². The van der Waals surface area contributed by atoms with Gasteiger partial charge in [-0.15, -0.1) is 0 Å². The Kier molecular flexibility index (Phi) is 5.51. The summed E-state index contributed by atoms with van der Waals surface area (Å²) in [7, 11) is 0. The van der Waals surface area contributed by atoms with Crippen molar-refractivity contribution in [3.63, 3.8) is 0 Å². The third kappa shape index (κ3) is 3.55. The Balaban J connectivity index is 4.07. The van der Waals surface area contributed by atoms with Crippen molar-refractivity contribution in [1.29, 1.82) is 0 Å². The van der Waals surface area contributed by atoms with Crippen molar-refractivity contribution >= 4 is 0 Å². The fraction of sp³-hybridized carbons (Fsp3) is 1.00. The average molecular weight is 172 g/mol. The fourth-order valence-corrected chi connectivity index (χ4v) is 1.39. The summed E-state index contributed by atoms with van der Waals surface area (Å²) in [4.78, 5) is 2.48. The lowest BCUT2D eigenvalue weighted by atomic mass is 10.0. The van der Waals surface area contributed by atoms with Gasteiger partial charge in [0, 0.05) is 12.1 Å². The molecular formula is C10H24N2. The van der Waals surface area contributed by atoms with Crippen LogP contribution < -0.4 is 5.73 Å². The lowest BCUT2D eigenvalue weighted by Crippen LogP contribution is -2.49. The molecule has 0 aromatic carbocycles. The molecule has 2 N–H and O–H groups in total. The van der Waals surface area contributed by atoms with Crippen LogP contribution in [0.3, 0.4) is 0 Å². The van der Waals surface area contributed by atoms with Gasteiger partial charge in [0.15, 0.2) is 0 Å². The van der Waals surface area contributed by atoms with E-state index in [0.717, 1.165) is 19.6 Å². The lowest BCUT2D eigenvalue weighted by molar-refractivity contribution is 0.127. The van der Waals surface area contributed by atoms with Crippen molar-refractivity contribution in [3.8, 4) is 0 Å². The van der Waals surface area contributed by atoms with Crippen molar-refractivity contribution in [2.75, 3.05) is 19.6 Å². The van der Waals surface area contributed by atoms with Gasteiger partial charge in [-0.1, -0.05) is 13.8 Å². The second-order valence-electron chi connectivity index (χ2n) is 4.00. The Bertz CT molecular complexity index is 104. The molecule has 0 aromatic rings. The van der Waals surface area contributed by atoms with E-state index in [1.165, 1.54) is 12.8 Å². The molecule has 0 aliphatic carbocycles. The second kappa shape index (κ2) is 5.55. The molecule has 0 bridgehead atoms. The van der Waals surface area contributed by atoms with Crippen LogP contribution in [0.2, 0.25) is 0 Å². The summed E-state index contributed by atoms with van der Waals surface area (Å²) in [6, 6.07) is 0. The Morgan fingerprint density at radius 3 is 1.75 bits per heavy atom. The first-order chi connectivity index (χ1) is 5.58. The van der Waals surface area contributed by atoms with Crippen LogP contribution in [0, 0.1) is 0 Å². The van der Waals surface area contributed by atoms with Crippen LogP contribution in [-0.2, 0) is 0 Å². The molecule has 0 aromatic heterocycles. The van der Waals surface area contributed by atoms with Crippen LogP contribution in [0.15, 0.2) is 0 Å². The van der Waals surface area contributed by atoms with Crippen molar-refractivity contribution in [1.82, 2.24) is 4.90 Å². The van der Waals surface area contributed by atoms with Crippen molar-refractivity contribution in [3.05, 3.63) is 0 Å². The summed E-state index contributed by atoms with van der Waals surface area (Å²) >= 11 is 0. The van der Waals surface area contributed by atoms with Crippen LogP contribution >= 0.6 is 0 Å². The summed E-state index contributed by atoms with van der Waals surface area (Å²) in [6.07, 6.45) is 2.42.